The molecule has 3 N–H and O–H groups in total. The first-order chi connectivity index (χ1) is 16.7. The first-order valence-electron chi connectivity index (χ1n) is 10.4. The lowest BCUT2D eigenvalue weighted by molar-refractivity contribution is -0.115. The van der Waals surface area contributed by atoms with E-state index in [9.17, 15) is 18.0 Å². The van der Waals surface area contributed by atoms with E-state index in [-0.39, 0.29) is 22.5 Å². The number of hydrogen-bond acceptors (Lipinski definition) is 7. The molecule has 4 rings (SSSR count). The molecule has 0 fully saturated rings. The number of aromatic nitrogens is 2. The number of anilines is 3. The molecule has 178 valence electrons. The van der Waals surface area contributed by atoms with Gasteiger partial charge in [-0.15, -0.1) is 0 Å². The van der Waals surface area contributed by atoms with Gasteiger partial charge in [0.2, 0.25) is 11.8 Å². The Morgan fingerprint density at radius 2 is 1.26 bits per heavy atom. The molecule has 9 nitrogen and oxygen atoms in total. The van der Waals surface area contributed by atoms with Gasteiger partial charge in [0.25, 0.3) is 10.0 Å². The van der Waals surface area contributed by atoms with Crippen LogP contribution in [-0.4, -0.2) is 30.2 Å². The summed E-state index contributed by atoms with van der Waals surface area (Å²) in [7, 11) is -3.99. The van der Waals surface area contributed by atoms with E-state index in [4.69, 9.17) is 0 Å². The molecule has 0 unspecified atom stereocenters. The summed E-state index contributed by atoms with van der Waals surface area (Å²) in [5.41, 5.74) is 2.29. The summed E-state index contributed by atoms with van der Waals surface area (Å²) in [5, 5.41) is 5.67. The predicted molar refractivity (Wildman–Crippen MR) is 136 cm³/mol. The number of carbonyl (C=O) groups is 2. The van der Waals surface area contributed by atoms with Gasteiger partial charge < -0.3 is 10.6 Å². The number of nitrogens with zero attached hydrogens (tertiary/aromatic N) is 2. The number of benzene rings is 3. The van der Waals surface area contributed by atoms with Crippen LogP contribution in [0.2, 0.25) is 0 Å². The van der Waals surface area contributed by atoms with E-state index in [1.165, 1.54) is 49.9 Å². The number of nitrogens with one attached hydrogen (secondary N) is 3. The smallest absolute Gasteiger partial charge is 0.263 e. The molecule has 2 amide bonds. The maximum atomic E-state index is 13.1. The maximum Gasteiger partial charge on any atom is 0.263 e. The Kier molecular flexibility index (Phi) is 6.99. The minimum atomic E-state index is -3.99. The number of sulfonamides is 1. The summed E-state index contributed by atoms with van der Waals surface area (Å²) in [5.74, 6) is -0.338. The van der Waals surface area contributed by atoms with Gasteiger partial charge in [0.15, 0.2) is 5.82 Å². The van der Waals surface area contributed by atoms with E-state index in [0.29, 0.717) is 27.4 Å². The summed E-state index contributed by atoms with van der Waals surface area (Å²) < 4.78 is 28.8. The lowest BCUT2D eigenvalue weighted by Gasteiger charge is -2.13. The van der Waals surface area contributed by atoms with E-state index in [0.717, 1.165) is 4.90 Å². The first kappa shape index (κ1) is 24.2. The minimum absolute atomic E-state index is 0.0113. The lowest BCUT2D eigenvalue weighted by Crippen LogP contribution is -2.15. The van der Waals surface area contributed by atoms with E-state index in [1.807, 2.05) is 6.07 Å². The highest BCUT2D eigenvalue weighted by atomic mass is 32.2. The molecular formula is C24H21N5O4S2. The molecule has 11 heteroatoms. The summed E-state index contributed by atoms with van der Waals surface area (Å²) in [4.78, 5) is 32.4. The second kappa shape index (κ2) is 10.1. The van der Waals surface area contributed by atoms with Crippen LogP contribution in [0.15, 0.2) is 87.6 Å². The van der Waals surface area contributed by atoms with E-state index in [1.54, 1.807) is 42.5 Å². The van der Waals surface area contributed by atoms with Gasteiger partial charge in [-0.25, -0.2) is 18.4 Å². The van der Waals surface area contributed by atoms with Crippen LogP contribution in [-0.2, 0) is 19.6 Å². The molecule has 0 atom stereocenters. The molecule has 1 heterocycles. The quantitative estimate of drug-likeness (QED) is 0.336. The fourth-order valence-corrected chi connectivity index (χ4v) is 5.06. The molecule has 0 radical (unpaired) electrons. The number of amides is 2. The molecule has 0 saturated carbocycles. The van der Waals surface area contributed by atoms with Crippen LogP contribution in [0.1, 0.15) is 13.8 Å². The van der Waals surface area contributed by atoms with E-state index >= 15 is 0 Å². The van der Waals surface area contributed by atoms with E-state index < -0.39 is 10.0 Å². The largest absolute Gasteiger partial charge is 0.326 e. The average molecular weight is 508 g/mol. The Hall–Kier alpha value is -3.96. The topological polar surface area (TPSA) is 130 Å². The standard InChI is InChI=1S/C24H21N5O4S2/c1-15(30)25-17-7-11-19(12-8-17)34-24-23(27-21-5-3-4-6-22(21)28-24)29-35(32,33)20-13-9-18(10-14-20)26-16(2)31/h3-14H,1-2H3,(H,25,30)(H,26,31)(H,27,29). The van der Waals surface area contributed by atoms with Crippen molar-refractivity contribution in [1.29, 1.82) is 0 Å². The van der Waals surface area contributed by atoms with Crippen molar-refractivity contribution in [2.24, 2.45) is 0 Å². The Morgan fingerprint density at radius 3 is 1.80 bits per heavy atom. The molecule has 0 saturated heterocycles. The Morgan fingerprint density at radius 1 is 0.743 bits per heavy atom. The third-order valence-electron chi connectivity index (χ3n) is 4.64. The normalized spacial score (nSPS) is 11.1. The zero-order valence-electron chi connectivity index (χ0n) is 18.8. The number of hydrogen-bond donors (Lipinski definition) is 3. The molecule has 0 spiro atoms. The highest BCUT2D eigenvalue weighted by Crippen LogP contribution is 2.34. The van der Waals surface area contributed by atoms with Crippen LogP contribution < -0.4 is 15.4 Å². The van der Waals surface area contributed by atoms with Crippen LogP contribution in [0, 0.1) is 0 Å². The summed E-state index contributed by atoms with van der Waals surface area (Å²) in [6.07, 6.45) is 0. The van der Waals surface area contributed by atoms with E-state index in [2.05, 4.69) is 25.3 Å². The fraction of sp³-hybridized carbons (Fsp3) is 0.0833. The van der Waals surface area contributed by atoms with Crippen molar-refractivity contribution >= 4 is 61.8 Å². The van der Waals surface area contributed by atoms with Crippen LogP contribution in [0.25, 0.3) is 11.0 Å². The van der Waals surface area contributed by atoms with Gasteiger partial charge >= 0.3 is 0 Å². The number of rotatable bonds is 7. The number of fused-ring (bicyclic) bond motifs is 1. The zero-order valence-corrected chi connectivity index (χ0v) is 20.4. The van der Waals surface area contributed by atoms with Crippen LogP contribution in [0.5, 0.6) is 0 Å². The Balaban J connectivity index is 1.66. The van der Waals surface area contributed by atoms with Gasteiger partial charge in [-0.2, -0.15) is 0 Å². The summed E-state index contributed by atoms with van der Waals surface area (Å²) in [6.45, 7) is 2.80. The summed E-state index contributed by atoms with van der Waals surface area (Å²) in [6, 6.07) is 20.1. The highest BCUT2D eigenvalue weighted by molar-refractivity contribution is 7.99. The van der Waals surface area contributed by atoms with Crippen LogP contribution in [0.4, 0.5) is 17.2 Å². The van der Waals surface area contributed by atoms with Crippen molar-refractivity contribution in [3.63, 3.8) is 0 Å². The van der Waals surface area contributed by atoms with Gasteiger partial charge in [0.05, 0.1) is 15.9 Å². The van der Waals surface area contributed by atoms with Gasteiger partial charge in [0, 0.05) is 30.1 Å². The Bertz CT molecular complexity index is 1510. The zero-order chi connectivity index (χ0) is 25.0. The second-order valence-electron chi connectivity index (χ2n) is 7.48. The second-order valence-corrected chi connectivity index (χ2v) is 10.2. The Labute approximate surface area is 206 Å². The van der Waals surface area contributed by atoms with Crippen LogP contribution >= 0.6 is 11.8 Å². The summed E-state index contributed by atoms with van der Waals surface area (Å²) >= 11 is 1.24. The maximum absolute atomic E-state index is 13.1. The van der Waals surface area contributed by atoms with Crippen molar-refractivity contribution in [3.05, 3.63) is 72.8 Å². The van der Waals surface area contributed by atoms with Crippen molar-refractivity contribution in [2.75, 3.05) is 15.4 Å². The van der Waals surface area contributed by atoms with Crippen molar-refractivity contribution < 1.29 is 18.0 Å². The molecule has 0 aliphatic carbocycles. The van der Waals surface area contributed by atoms with Crippen LogP contribution in [0.3, 0.4) is 0 Å². The van der Waals surface area contributed by atoms with Gasteiger partial charge in [-0.1, -0.05) is 23.9 Å². The van der Waals surface area contributed by atoms with Crippen molar-refractivity contribution in [2.45, 2.75) is 28.7 Å². The van der Waals surface area contributed by atoms with Gasteiger partial charge in [-0.3, -0.25) is 14.3 Å². The highest BCUT2D eigenvalue weighted by Gasteiger charge is 2.20. The number of carbonyl (C=O) groups excluding carboxylic acids is 2. The lowest BCUT2D eigenvalue weighted by atomic mass is 10.3. The van der Waals surface area contributed by atoms with Gasteiger partial charge in [0.1, 0.15) is 5.03 Å². The molecule has 0 aliphatic heterocycles. The molecule has 0 aliphatic rings. The average Bonchev–Trinajstić information content (AvgIpc) is 2.80. The minimum Gasteiger partial charge on any atom is -0.326 e. The van der Waals surface area contributed by atoms with Gasteiger partial charge in [-0.05, 0) is 60.7 Å². The monoisotopic (exact) mass is 507 g/mol. The fourth-order valence-electron chi connectivity index (χ4n) is 3.15. The third-order valence-corrected chi connectivity index (χ3v) is 6.98. The molecule has 35 heavy (non-hydrogen) atoms. The molecular weight excluding hydrogens is 486 g/mol. The van der Waals surface area contributed by atoms with Crippen molar-refractivity contribution in [3.8, 4) is 0 Å². The molecule has 4 aromatic rings. The third kappa shape index (κ3) is 6.14. The molecule has 0 bridgehead atoms. The van der Waals surface area contributed by atoms with Crippen molar-refractivity contribution in [1.82, 2.24) is 9.97 Å². The number of para-hydroxylation sites is 2. The first-order valence-corrected chi connectivity index (χ1v) is 12.7. The molecule has 3 aromatic carbocycles. The molecule has 1 aromatic heterocycles. The SMILES string of the molecule is CC(=O)Nc1ccc(Sc2nc3ccccc3nc2NS(=O)(=O)c2ccc(NC(C)=O)cc2)cc1. The predicted octanol–water partition coefficient (Wildman–Crippen LogP) is 4.50.